The second-order valence-electron chi connectivity index (χ2n) is 9.41. The molecular formula is C29H27ClN4O3. The van der Waals surface area contributed by atoms with Crippen molar-refractivity contribution in [2.45, 2.75) is 19.4 Å². The van der Waals surface area contributed by atoms with Crippen LogP contribution in [0.4, 0.5) is 11.4 Å². The van der Waals surface area contributed by atoms with E-state index in [4.69, 9.17) is 21.1 Å². The van der Waals surface area contributed by atoms with Crippen LogP contribution in [0.25, 0.3) is 11.3 Å². The summed E-state index contributed by atoms with van der Waals surface area (Å²) in [5, 5.41) is 4.15. The average molecular weight is 515 g/mol. The molecule has 0 radical (unpaired) electrons. The SMILES string of the molecule is CC(Nc1ccc2c(c1)Cc1cccc(-c3cc(N4CCOCC4)cc(=O)[nH]3)c1O2)c1cncc(Cl)c1. The number of fused-ring (bicyclic) bond motifs is 2. The molecule has 4 aromatic rings. The summed E-state index contributed by atoms with van der Waals surface area (Å²) in [6.07, 6.45) is 4.18. The Morgan fingerprint density at radius 1 is 1.05 bits per heavy atom. The third-order valence-corrected chi connectivity index (χ3v) is 7.06. The first-order chi connectivity index (χ1) is 18.0. The Balaban J connectivity index is 1.27. The topological polar surface area (TPSA) is 79.5 Å². The van der Waals surface area contributed by atoms with Crippen molar-refractivity contribution in [3.8, 4) is 22.8 Å². The highest BCUT2D eigenvalue weighted by molar-refractivity contribution is 6.30. The van der Waals surface area contributed by atoms with Gasteiger partial charge in [-0.25, -0.2) is 0 Å². The van der Waals surface area contributed by atoms with Gasteiger partial charge in [0.1, 0.15) is 11.5 Å². The number of nitrogens with one attached hydrogen (secondary N) is 2. The minimum absolute atomic E-state index is 0.0446. The molecule has 0 bridgehead atoms. The number of hydrogen-bond donors (Lipinski definition) is 2. The Hall–Kier alpha value is -3.81. The molecule has 37 heavy (non-hydrogen) atoms. The van der Waals surface area contributed by atoms with Gasteiger partial charge in [0.05, 0.1) is 30.0 Å². The Morgan fingerprint density at radius 2 is 1.92 bits per heavy atom. The second-order valence-corrected chi connectivity index (χ2v) is 9.85. The van der Waals surface area contributed by atoms with Crippen LogP contribution in [-0.2, 0) is 11.2 Å². The number of anilines is 2. The molecule has 2 aromatic heterocycles. The van der Waals surface area contributed by atoms with E-state index in [0.29, 0.717) is 18.2 Å². The van der Waals surface area contributed by atoms with Crippen LogP contribution < -0.4 is 20.5 Å². The number of aromatic amines is 1. The number of aromatic nitrogens is 2. The smallest absolute Gasteiger partial charge is 0.250 e. The molecule has 1 unspecified atom stereocenters. The van der Waals surface area contributed by atoms with Crippen LogP contribution in [0.15, 0.2) is 71.8 Å². The maximum Gasteiger partial charge on any atom is 0.250 e. The lowest BCUT2D eigenvalue weighted by molar-refractivity contribution is 0.122. The fourth-order valence-electron chi connectivity index (χ4n) is 4.96. The second kappa shape index (κ2) is 9.92. The van der Waals surface area contributed by atoms with Gasteiger partial charge in [0.25, 0.3) is 0 Å². The molecule has 2 aliphatic heterocycles. The first-order valence-electron chi connectivity index (χ1n) is 12.4. The number of ether oxygens (including phenoxy) is 2. The molecule has 0 spiro atoms. The zero-order chi connectivity index (χ0) is 25.4. The van der Waals surface area contributed by atoms with Crippen molar-refractivity contribution in [2.24, 2.45) is 0 Å². The maximum atomic E-state index is 12.6. The van der Waals surface area contributed by atoms with Crippen LogP contribution in [0.2, 0.25) is 5.02 Å². The number of para-hydroxylation sites is 1. The van der Waals surface area contributed by atoms with E-state index in [1.807, 2.05) is 42.6 Å². The molecule has 7 nitrogen and oxygen atoms in total. The largest absolute Gasteiger partial charge is 0.456 e. The lowest BCUT2D eigenvalue weighted by Gasteiger charge is -2.29. The Kier molecular flexibility index (Phi) is 6.32. The molecule has 4 heterocycles. The first-order valence-corrected chi connectivity index (χ1v) is 12.8. The van der Waals surface area contributed by atoms with E-state index in [1.54, 1.807) is 12.3 Å². The van der Waals surface area contributed by atoms with Gasteiger partial charge >= 0.3 is 0 Å². The lowest BCUT2D eigenvalue weighted by Crippen LogP contribution is -2.36. The number of nitrogens with zero attached hydrogens (tertiary/aromatic N) is 2. The molecule has 1 fully saturated rings. The fraction of sp³-hybridized carbons (Fsp3) is 0.241. The zero-order valence-corrected chi connectivity index (χ0v) is 21.2. The molecule has 1 atom stereocenters. The summed E-state index contributed by atoms with van der Waals surface area (Å²) in [5.74, 6) is 1.60. The molecule has 2 aliphatic rings. The van der Waals surface area contributed by atoms with Crippen molar-refractivity contribution in [1.29, 1.82) is 0 Å². The van der Waals surface area contributed by atoms with Crippen LogP contribution >= 0.6 is 11.6 Å². The highest BCUT2D eigenvalue weighted by Crippen LogP contribution is 2.43. The number of morpholine rings is 1. The molecule has 0 saturated carbocycles. The summed E-state index contributed by atoms with van der Waals surface area (Å²) in [5.41, 5.74) is 6.58. The third-order valence-electron chi connectivity index (χ3n) is 6.85. The summed E-state index contributed by atoms with van der Waals surface area (Å²) in [6.45, 7) is 4.93. The van der Waals surface area contributed by atoms with Gasteiger partial charge in [-0.15, -0.1) is 0 Å². The van der Waals surface area contributed by atoms with Gasteiger partial charge in [-0.2, -0.15) is 0 Å². The molecule has 2 N–H and O–H groups in total. The van der Waals surface area contributed by atoms with Gasteiger partial charge in [-0.05, 0) is 54.4 Å². The number of H-pyrrole nitrogens is 1. The van der Waals surface area contributed by atoms with Crippen molar-refractivity contribution >= 4 is 23.0 Å². The molecule has 0 aliphatic carbocycles. The first kappa shape index (κ1) is 23.6. The van der Waals surface area contributed by atoms with Crippen molar-refractivity contribution in [2.75, 3.05) is 36.5 Å². The van der Waals surface area contributed by atoms with Crippen LogP contribution in [0.3, 0.4) is 0 Å². The van der Waals surface area contributed by atoms with Gasteiger partial charge in [0.2, 0.25) is 5.56 Å². The van der Waals surface area contributed by atoms with Gasteiger partial charge in [0.15, 0.2) is 0 Å². The number of benzene rings is 2. The van der Waals surface area contributed by atoms with E-state index in [0.717, 1.165) is 70.3 Å². The minimum atomic E-state index is -0.132. The zero-order valence-electron chi connectivity index (χ0n) is 20.5. The van der Waals surface area contributed by atoms with Gasteiger partial charge in [-0.3, -0.25) is 9.78 Å². The van der Waals surface area contributed by atoms with Crippen molar-refractivity contribution in [3.05, 3.63) is 99.1 Å². The van der Waals surface area contributed by atoms with E-state index < -0.39 is 0 Å². The van der Waals surface area contributed by atoms with E-state index in [-0.39, 0.29) is 11.6 Å². The molecule has 1 saturated heterocycles. The standard InChI is InChI=1S/C29H27ClN4O3/c1-18(21-12-22(30)17-31-16-21)32-23-5-6-27-20(13-23)11-19-3-2-4-25(29(19)37-27)26-14-24(15-28(35)33-26)34-7-9-36-10-8-34/h2-6,12-18,32H,7-11H2,1H3,(H,33,35). The van der Waals surface area contributed by atoms with Crippen molar-refractivity contribution < 1.29 is 9.47 Å². The van der Waals surface area contributed by atoms with Crippen LogP contribution in [0.1, 0.15) is 29.7 Å². The summed E-state index contributed by atoms with van der Waals surface area (Å²) >= 11 is 6.11. The van der Waals surface area contributed by atoms with Crippen LogP contribution in [-0.4, -0.2) is 36.3 Å². The average Bonchev–Trinajstić information content (AvgIpc) is 2.91. The quantitative estimate of drug-likeness (QED) is 0.309. The van der Waals surface area contributed by atoms with Crippen molar-refractivity contribution in [1.82, 2.24) is 9.97 Å². The highest BCUT2D eigenvalue weighted by Gasteiger charge is 2.22. The van der Waals surface area contributed by atoms with Gasteiger partial charge < -0.3 is 24.7 Å². The van der Waals surface area contributed by atoms with Crippen LogP contribution in [0.5, 0.6) is 11.5 Å². The van der Waals surface area contributed by atoms with E-state index in [9.17, 15) is 4.79 Å². The third kappa shape index (κ3) is 4.92. The molecule has 8 heteroatoms. The maximum absolute atomic E-state index is 12.6. The van der Waals surface area contributed by atoms with Crippen molar-refractivity contribution in [3.63, 3.8) is 0 Å². The predicted octanol–water partition coefficient (Wildman–Crippen LogP) is 5.80. The van der Waals surface area contributed by atoms with E-state index >= 15 is 0 Å². The minimum Gasteiger partial charge on any atom is -0.456 e. The summed E-state index contributed by atoms with van der Waals surface area (Å²) in [7, 11) is 0. The molecular weight excluding hydrogens is 488 g/mol. The summed E-state index contributed by atoms with van der Waals surface area (Å²) in [6, 6.07) is 17.9. The van der Waals surface area contributed by atoms with Crippen LogP contribution in [0, 0.1) is 0 Å². The molecule has 6 rings (SSSR count). The Morgan fingerprint density at radius 3 is 2.76 bits per heavy atom. The molecule has 0 amide bonds. The number of hydrogen-bond acceptors (Lipinski definition) is 6. The van der Waals surface area contributed by atoms with Gasteiger partial charge in [-0.1, -0.05) is 23.7 Å². The van der Waals surface area contributed by atoms with Gasteiger partial charge in [0, 0.05) is 60.5 Å². The lowest BCUT2D eigenvalue weighted by atomic mass is 9.96. The Bertz CT molecular complexity index is 1510. The summed E-state index contributed by atoms with van der Waals surface area (Å²) < 4.78 is 11.9. The number of rotatable bonds is 5. The monoisotopic (exact) mass is 514 g/mol. The molecule has 2 aromatic carbocycles. The van der Waals surface area contributed by atoms with E-state index in [1.165, 1.54) is 0 Å². The Labute approximate surface area is 220 Å². The normalized spacial score (nSPS) is 15.4. The summed E-state index contributed by atoms with van der Waals surface area (Å²) in [4.78, 5) is 22.0. The number of pyridine rings is 2. The predicted molar refractivity (Wildman–Crippen MR) is 146 cm³/mol. The fourth-order valence-corrected chi connectivity index (χ4v) is 5.14. The molecule has 188 valence electrons. The number of halogens is 1. The highest BCUT2D eigenvalue weighted by atomic mass is 35.5. The van der Waals surface area contributed by atoms with E-state index in [2.05, 4.69) is 39.2 Å².